The Balaban J connectivity index is 1.95. The predicted octanol–water partition coefficient (Wildman–Crippen LogP) is 5.02. The van der Waals surface area contributed by atoms with Gasteiger partial charge >= 0.3 is 0 Å². The molecule has 3 aromatic rings. The van der Waals surface area contributed by atoms with Gasteiger partial charge in [0, 0.05) is 29.2 Å². The summed E-state index contributed by atoms with van der Waals surface area (Å²) in [5.41, 5.74) is 4.31. The van der Waals surface area contributed by atoms with E-state index in [1.165, 1.54) is 11.1 Å². The Bertz CT molecular complexity index is 844. The van der Waals surface area contributed by atoms with Crippen molar-refractivity contribution >= 4 is 17.2 Å². The molecule has 0 fully saturated rings. The molecule has 0 bridgehead atoms. The summed E-state index contributed by atoms with van der Waals surface area (Å²) < 4.78 is 7.68. The van der Waals surface area contributed by atoms with Gasteiger partial charge in [-0.1, -0.05) is 38.1 Å². The summed E-state index contributed by atoms with van der Waals surface area (Å²) in [5.74, 6) is 1.33. The SMILES string of the molecule is CCOc1ccc2c(c1)c(C=O)cn2Cc1ccc(C(C)C)cc1. The van der Waals surface area contributed by atoms with Crippen LogP contribution in [0.5, 0.6) is 5.75 Å². The fraction of sp³-hybridized carbons (Fsp3) is 0.286. The van der Waals surface area contributed by atoms with Gasteiger partial charge in [-0.05, 0) is 42.2 Å². The summed E-state index contributed by atoms with van der Waals surface area (Å²) in [4.78, 5) is 11.4. The van der Waals surface area contributed by atoms with Crippen molar-refractivity contribution in [3.63, 3.8) is 0 Å². The highest BCUT2D eigenvalue weighted by molar-refractivity contribution is 5.98. The highest BCUT2D eigenvalue weighted by Crippen LogP contribution is 2.26. The number of hydrogen-bond acceptors (Lipinski definition) is 2. The molecule has 3 heteroatoms. The van der Waals surface area contributed by atoms with E-state index in [9.17, 15) is 4.79 Å². The molecule has 0 radical (unpaired) electrons. The van der Waals surface area contributed by atoms with Crippen molar-refractivity contribution < 1.29 is 9.53 Å². The van der Waals surface area contributed by atoms with Gasteiger partial charge in [0.25, 0.3) is 0 Å². The van der Waals surface area contributed by atoms with Crippen LogP contribution in [0.25, 0.3) is 10.9 Å². The molecule has 0 aliphatic heterocycles. The van der Waals surface area contributed by atoms with Crippen LogP contribution in [0.4, 0.5) is 0 Å². The molecule has 2 aromatic carbocycles. The summed E-state index contributed by atoms with van der Waals surface area (Å²) in [6, 6.07) is 14.6. The normalized spacial score (nSPS) is 11.2. The molecule has 0 saturated carbocycles. The molecule has 24 heavy (non-hydrogen) atoms. The highest BCUT2D eigenvalue weighted by Gasteiger charge is 2.10. The highest BCUT2D eigenvalue weighted by atomic mass is 16.5. The molecular weight excluding hydrogens is 298 g/mol. The zero-order chi connectivity index (χ0) is 17.1. The monoisotopic (exact) mass is 321 g/mol. The lowest BCUT2D eigenvalue weighted by molar-refractivity contribution is 0.112. The van der Waals surface area contributed by atoms with Crippen LogP contribution in [0.3, 0.4) is 0 Å². The maximum atomic E-state index is 11.4. The Labute approximate surface area is 142 Å². The number of carbonyl (C=O) groups excluding carboxylic acids is 1. The smallest absolute Gasteiger partial charge is 0.152 e. The van der Waals surface area contributed by atoms with E-state index in [0.717, 1.165) is 29.5 Å². The third-order valence-electron chi connectivity index (χ3n) is 4.32. The molecule has 3 nitrogen and oxygen atoms in total. The van der Waals surface area contributed by atoms with E-state index in [2.05, 4.69) is 42.7 Å². The lowest BCUT2D eigenvalue weighted by atomic mass is 10.0. The number of fused-ring (bicyclic) bond motifs is 1. The van der Waals surface area contributed by atoms with Gasteiger partial charge in [-0.25, -0.2) is 0 Å². The number of hydrogen-bond donors (Lipinski definition) is 0. The standard InChI is InChI=1S/C21H23NO2/c1-4-24-19-9-10-21-20(11-19)18(14-23)13-22(21)12-16-5-7-17(8-6-16)15(2)3/h5-11,13-15H,4,12H2,1-3H3. The zero-order valence-electron chi connectivity index (χ0n) is 14.5. The molecule has 0 aliphatic carbocycles. The Kier molecular flexibility index (Phi) is 4.70. The number of aldehydes is 1. The Morgan fingerprint density at radius 3 is 2.50 bits per heavy atom. The summed E-state index contributed by atoms with van der Waals surface area (Å²) in [7, 11) is 0. The van der Waals surface area contributed by atoms with Crippen LogP contribution in [0, 0.1) is 0 Å². The first-order valence-electron chi connectivity index (χ1n) is 8.42. The van der Waals surface area contributed by atoms with Gasteiger partial charge in [-0.2, -0.15) is 0 Å². The molecule has 1 aromatic heterocycles. The van der Waals surface area contributed by atoms with Gasteiger partial charge in [-0.3, -0.25) is 4.79 Å². The largest absolute Gasteiger partial charge is 0.494 e. The number of rotatable bonds is 6. The second-order valence-electron chi connectivity index (χ2n) is 6.34. The minimum atomic E-state index is 0.533. The third kappa shape index (κ3) is 3.21. The summed E-state index contributed by atoms with van der Waals surface area (Å²) in [5, 5.41) is 0.940. The van der Waals surface area contributed by atoms with Crippen LogP contribution >= 0.6 is 0 Å². The van der Waals surface area contributed by atoms with E-state index in [4.69, 9.17) is 4.74 Å². The van der Waals surface area contributed by atoms with E-state index >= 15 is 0 Å². The van der Waals surface area contributed by atoms with Gasteiger partial charge in [0.05, 0.1) is 6.61 Å². The minimum Gasteiger partial charge on any atom is -0.494 e. The van der Waals surface area contributed by atoms with E-state index in [1.54, 1.807) is 0 Å². The molecule has 0 spiro atoms. The molecule has 0 aliphatic rings. The average Bonchev–Trinajstić information content (AvgIpc) is 2.93. The van der Waals surface area contributed by atoms with Gasteiger partial charge in [-0.15, -0.1) is 0 Å². The number of carbonyl (C=O) groups is 1. The molecular formula is C21H23NO2. The summed E-state index contributed by atoms with van der Waals surface area (Å²) >= 11 is 0. The number of ether oxygens (including phenoxy) is 1. The van der Waals surface area contributed by atoms with Crippen molar-refractivity contribution in [2.75, 3.05) is 6.61 Å². The number of aromatic nitrogens is 1. The van der Waals surface area contributed by atoms with Gasteiger partial charge in [0.2, 0.25) is 0 Å². The van der Waals surface area contributed by atoms with Crippen LogP contribution in [0.1, 0.15) is 48.2 Å². The van der Waals surface area contributed by atoms with Crippen molar-refractivity contribution in [2.24, 2.45) is 0 Å². The van der Waals surface area contributed by atoms with Crippen LogP contribution in [-0.2, 0) is 6.54 Å². The van der Waals surface area contributed by atoms with Crippen molar-refractivity contribution in [3.05, 3.63) is 65.4 Å². The Morgan fingerprint density at radius 1 is 1.12 bits per heavy atom. The van der Waals surface area contributed by atoms with E-state index in [1.807, 2.05) is 31.3 Å². The van der Waals surface area contributed by atoms with Gasteiger partial charge in [0.15, 0.2) is 6.29 Å². The predicted molar refractivity (Wildman–Crippen MR) is 98.1 cm³/mol. The van der Waals surface area contributed by atoms with Gasteiger partial charge < -0.3 is 9.30 Å². The lowest BCUT2D eigenvalue weighted by Gasteiger charge is -2.09. The second kappa shape index (κ2) is 6.91. The Hall–Kier alpha value is -2.55. The van der Waals surface area contributed by atoms with Crippen molar-refractivity contribution in [1.82, 2.24) is 4.57 Å². The number of benzene rings is 2. The molecule has 0 atom stereocenters. The average molecular weight is 321 g/mol. The lowest BCUT2D eigenvalue weighted by Crippen LogP contribution is -1.98. The quantitative estimate of drug-likeness (QED) is 0.597. The van der Waals surface area contributed by atoms with E-state index in [-0.39, 0.29) is 0 Å². The zero-order valence-corrected chi connectivity index (χ0v) is 14.5. The molecule has 0 unspecified atom stereocenters. The van der Waals surface area contributed by atoms with Crippen LogP contribution in [0.2, 0.25) is 0 Å². The second-order valence-corrected chi connectivity index (χ2v) is 6.34. The third-order valence-corrected chi connectivity index (χ3v) is 4.32. The molecule has 0 amide bonds. The number of nitrogens with zero attached hydrogens (tertiary/aromatic N) is 1. The molecule has 3 rings (SSSR count). The van der Waals surface area contributed by atoms with Crippen molar-refractivity contribution in [2.45, 2.75) is 33.2 Å². The van der Waals surface area contributed by atoms with Crippen LogP contribution in [-0.4, -0.2) is 17.5 Å². The first-order chi connectivity index (χ1) is 11.6. The maximum absolute atomic E-state index is 11.4. The van der Waals surface area contributed by atoms with E-state index in [0.29, 0.717) is 18.1 Å². The topological polar surface area (TPSA) is 31.2 Å². The van der Waals surface area contributed by atoms with Crippen molar-refractivity contribution in [1.29, 1.82) is 0 Å². The molecule has 124 valence electrons. The minimum absolute atomic E-state index is 0.533. The maximum Gasteiger partial charge on any atom is 0.152 e. The van der Waals surface area contributed by atoms with E-state index < -0.39 is 0 Å². The molecule has 1 heterocycles. The summed E-state index contributed by atoms with van der Waals surface area (Å²) in [6.07, 6.45) is 2.83. The summed E-state index contributed by atoms with van der Waals surface area (Å²) in [6.45, 7) is 7.71. The van der Waals surface area contributed by atoms with Crippen LogP contribution < -0.4 is 4.74 Å². The first-order valence-corrected chi connectivity index (χ1v) is 8.42. The van der Waals surface area contributed by atoms with Gasteiger partial charge in [0.1, 0.15) is 5.75 Å². The fourth-order valence-corrected chi connectivity index (χ4v) is 2.99. The van der Waals surface area contributed by atoms with Crippen LogP contribution in [0.15, 0.2) is 48.7 Å². The fourth-order valence-electron chi connectivity index (χ4n) is 2.99. The van der Waals surface area contributed by atoms with Crippen molar-refractivity contribution in [3.8, 4) is 5.75 Å². The molecule has 0 N–H and O–H groups in total. The first kappa shape index (κ1) is 16.3. The Morgan fingerprint density at radius 2 is 1.88 bits per heavy atom. The molecule has 0 saturated heterocycles.